The lowest BCUT2D eigenvalue weighted by molar-refractivity contribution is 0.0827. The van der Waals surface area contributed by atoms with Gasteiger partial charge in [-0.05, 0) is 49.2 Å². The van der Waals surface area contributed by atoms with E-state index in [1.54, 1.807) is 43.1 Å². The van der Waals surface area contributed by atoms with Crippen LogP contribution in [0.25, 0.3) is 16.7 Å². The lowest BCUT2D eigenvalue weighted by Gasteiger charge is -2.37. The number of hydrogen-bond acceptors (Lipinski definition) is 8. The third kappa shape index (κ3) is 5.28. The van der Waals surface area contributed by atoms with Crippen molar-refractivity contribution in [1.29, 1.82) is 0 Å². The van der Waals surface area contributed by atoms with E-state index < -0.39 is 0 Å². The first-order valence-corrected chi connectivity index (χ1v) is 14.3. The Labute approximate surface area is 244 Å². The minimum Gasteiger partial charge on any atom is -0.392 e. The van der Waals surface area contributed by atoms with Gasteiger partial charge in [0, 0.05) is 75.0 Å². The van der Waals surface area contributed by atoms with Gasteiger partial charge in [-0.1, -0.05) is 12.1 Å². The quantitative estimate of drug-likeness (QED) is 0.297. The predicted molar refractivity (Wildman–Crippen MR) is 164 cm³/mol. The van der Waals surface area contributed by atoms with E-state index in [2.05, 4.69) is 26.7 Å². The fourth-order valence-corrected chi connectivity index (χ4v) is 5.66. The van der Waals surface area contributed by atoms with E-state index in [0.717, 1.165) is 49.2 Å². The number of nitrogens with one attached hydrogen (secondary N) is 1. The molecule has 0 spiro atoms. The van der Waals surface area contributed by atoms with Crippen LogP contribution in [0.5, 0.6) is 0 Å². The Kier molecular flexibility index (Phi) is 7.53. The molecule has 218 valence electrons. The van der Waals surface area contributed by atoms with Crippen molar-refractivity contribution in [3.8, 4) is 5.69 Å². The molecular weight excluding hydrogens is 532 g/mol. The molecule has 4 aromatic rings. The summed E-state index contributed by atoms with van der Waals surface area (Å²) in [6.45, 7) is 7.94. The summed E-state index contributed by atoms with van der Waals surface area (Å²) >= 11 is 0. The second-order valence-electron chi connectivity index (χ2n) is 11.0. The number of nitrogens with zero attached hydrogens (tertiary/aromatic N) is 7. The van der Waals surface area contributed by atoms with Crippen LogP contribution in [-0.4, -0.2) is 86.5 Å². The summed E-state index contributed by atoms with van der Waals surface area (Å²) in [7, 11) is 3.39. The molecule has 2 aromatic carbocycles. The van der Waals surface area contributed by atoms with Crippen molar-refractivity contribution in [1.82, 2.24) is 29.1 Å². The third-order valence-corrected chi connectivity index (χ3v) is 7.95. The lowest BCUT2D eigenvalue weighted by atomic mass is 10.1. The van der Waals surface area contributed by atoms with Crippen molar-refractivity contribution in [3.63, 3.8) is 0 Å². The number of aromatic nitrogens is 4. The molecule has 1 amide bonds. The highest BCUT2D eigenvalue weighted by Crippen LogP contribution is 2.31. The van der Waals surface area contributed by atoms with E-state index in [1.807, 2.05) is 24.3 Å². The number of fused-ring (bicyclic) bond motifs is 1. The predicted octanol–water partition coefficient (Wildman–Crippen LogP) is 2.99. The van der Waals surface area contributed by atoms with E-state index in [-0.39, 0.29) is 24.6 Å². The maximum Gasteiger partial charge on any atom is 0.278 e. The smallest absolute Gasteiger partial charge is 0.278 e. The molecular formula is C31H36N8O3. The Morgan fingerprint density at radius 2 is 1.93 bits per heavy atom. The van der Waals surface area contributed by atoms with E-state index in [4.69, 9.17) is 4.98 Å². The normalized spacial score (nSPS) is 15.6. The number of amides is 1. The molecule has 0 atom stereocenters. The van der Waals surface area contributed by atoms with Gasteiger partial charge in [-0.25, -0.2) is 14.3 Å². The number of anilines is 3. The van der Waals surface area contributed by atoms with E-state index in [0.29, 0.717) is 28.2 Å². The van der Waals surface area contributed by atoms with Crippen molar-refractivity contribution < 1.29 is 9.90 Å². The average Bonchev–Trinajstić information content (AvgIpc) is 3.82. The number of allylic oxidation sites excluding steroid dienone is 1. The van der Waals surface area contributed by atoms with Crippen LogP contribution in [-0.2, 0) is 13.2 Å². The summed E-state index contributed by atoms with van der Waals surface area (Å²) in [5.41, 5.74) is 3.87. The molecule has 2 N–H and O–H groups in total. The molecule has 11 nitrogen and oxygen atoms in total. The second kappa shape index (κ2) is 11.4. The fraction of sp³-hybridized carbons (Fsp3) is 0.355. The average molecular weight is 569 g/mol. The van der Waals surface area contributed by atoms with Gasteiger partial charge in [0.15, 0.2) is 5.65 Å². The minimum atomic E-state index is -0.255. The molecule has 42 heavy (non-hydrogen) atoms. The van der Waals surface area contributed by atoms with Crippen molar-refractivity contribution >= 4 is 34.3 Å². The molecule has 2 aliphatic rings. The van der Waals surface area contributed by atoms with Crippen LogP contribution in [0, 0.1) is 0 Å². The maximum absolute atomic E-state index is 13.3. The fourth-order valence-electron chi connectivity index (χ4n) is 5.66. The number of hydrogen-bond donors (Lipinski definition) is 2. The Morgan fingerprint density at radius 3 is 2.62 bits per heavy atom. The highest BCUT2D eigenvalue weighted by Gasteiger charge is 2.31. The topological polar surface area (TPSA) is 112 Å². The number of rotatable bonds is 9. The van der Waals surface area contributed by atoms with Crippen LogP contribution in [0.3, 0.4) is 0 Å². The van der Waals surface area contributed by atoms with Gasteiger partial charge in [-0.3, -0.25) is 14.5 Å². The first-order valence-electron chi connectivity index (χ1n) is 14.3. The number of carbonyl (C=O) groups excluding carboxylic acids is 1. The Balaban J connectivity index is 1.32. The van der Waals surface area contributed by atoms with E-state index in [9.17, 15) is 14.7 Å². The first-order chi connectivity index (χ1) is 20.4. The summed E-state index contributed by atoms with van der Waals surface area (Å²) in [4.78, 5) is 41.6. The van der Waals surface area contributed by atoms with Crippen LogP contribution in [0.2, 0.25) is 0 Å². The molecule has 1 saturated carbocycles. The van der Waals surface area contributed by atoms with Gasteiger partial charge in [-0.2, -0.15) is 4.98 Å². The second-order valence-corrected chi connectivity index (χ2v) is 11.0. The molecule has 2 aromatic heterocycles. The monoisotopic (exact) mass is 568 g/mol. The maximum atomic E-state index is 13.3. The van der Waals surface area contributed by atoms with Crippen LogP contribution in [0.4, 0.5) is 17.3 Å². The van der Waals surface area contributed by atoms with Gasteiger partial charge in [-0.15, -0.1) is 6.58 Å². The molecule has 0 bridgehead atoms. The standard InChI is InChI=1S/C31H36N8O3/c1-4-12-38-30(42)26-19-32-31(34-28(26)39(38)25-7-5-6-21(18-25)29(41)35(2)3)33-23-8-11-27(22(17-23)20-40)37-15-13-36(14-16-37)24-9-10-24/h4-8,11,17-19,24,40H,1,9-10,12-16,20H2,2-3H3,(H,32,33,34). The number of carbonyl (C=O) groups is 1. The highest BCUT2D eigenvalue weighted by atomic mass is 16.3. The van der Waals surface area contributed by atoms with Crippen molar-refractivity contribution in [2.75, 3.05) is 50.5 Å². The van der Waals surface area contributed by atoms with Gasteiger partial charge in [0.05, 0.1) is 18.8 Å². The van der Waals surface area contributed by atoms with E-state index in [1.165, 1.54) is 28.6 Å². The van der Waals surface area contributed by atoms with Gasteiger partial charge in [0.25, 0.3) is 11.5 Å². The third-order valence-electron chi connectivity index (χ3n) is 7.95. The summed E-state index contributed by atoms with van der Waals surface area (Å²) in [6, 6.07) is 13.8. The molecule has 1 aliphatic heterocycles. The van der Waals surface area contributed by atoms with Crippen LogP contribution in [0.1, 0.15) is 28.8 Å². The van der Waals surface area contributed by atoms with Gasteiger partial charge < -0.3 is 20.2 Å². The molecule has 11 heteroatoms. The zero-order valence-corrected chi connectivity index (χ0v) is 24.0. The molecule has 1 saturated heterocycles. The summed E-state index contributed by atoms with van der Waals surface area (Å²) in [5.74, 6) is 0.165. The zero-order chi connectivity index (χ0) is 29.4. The summed E-state index contributed by atoms with van der Waals surface area (Å²) in [6.07, 6.45) is 5.78. The van der Waals surface area contributed by atoms with E-state index >= 15 is 0 Å². The van der Waals surface area contributed by atoms with Crippen LogP contribution >= 0.6 is 0 Å². The summed E-state index contributed by atoms with van der Waals surface area (Å²) in [5, 5.41) is 13.8. The largest absolute Gasteiger partial charge is 0.392 e. The Bertz CT molecular complexity index is 1700. The summed E-state index contributed by atoms with van der Waals surface area (Å²) < 4.78 is 3.22. The number of piperazine rings is 1. The SMILES string of the molecule is C=CCn1c(=O)c2cnc(Nc3ccc(N4CCN(C5CC5)CC4)c(CO)c3)nc2n1-c1cccc(C(=O)N(C)C)c1. The van der Waals surface area contributed by atoms with Crippen LogP contribution in [0.15, 0.2) is 66.1 Å². The number of aliphatic hydroxyl groups excluding tert-OH is 1. The Hall–Kier alpha value is -4.48. The molecule has 0 unspecified atom stereocenters. The molecule has 0 radical (unpaired) electrons. The Morgan fingerprint density at radius 1 is 1.14 bits per heavy atom. The van der Waals surface area contributed by atoms with Crippen molar-refractivity contribution in [2.24, 2.45) is 0 Å². The molecule has 6 rings (SSSR count). The molecule has 2 fully saturated rings. The number of benzene rings is 2. The van der Waals surface area contributed by atoms with Gasteiger partial charge >= 0.3 is 0 Å². The highest BCUT2D eigenvalue weighted by molar-refractivity contribution is 5.94. The van der Waals surface area contributed by atoms with Crippen molar-refractivity contribution in [3.05, 3.63) is 82.8 Å². The van der Waals surface area contributed by atoms with Gasteiger partial charge in [0.1, 0.15) is 5.39 Å². The molecule has 1 aliphatic carbocycles. The minimum absolute atomic E-state index is 0.0838. The number of aliphatic hydroxyl groups is 1. The lowest BCUT2D eigenvalue weighted by Crippen LogP contribution is -2.47. The van der Waals surface area contributed by atoms with Gasteiger partial charge in [0.2, 0.25) is 5.95 Å². The first kappa shape index (κ1) is 27.7. The zero-order valence-electron chi connectivity index (χ0n) is 24.0. The molecule has 3 heterocycles. The van der Waals surface area contributed by atoms with Crippen molar-refractivity contribution in [2.45, 2.75) is 32.0 Å². The van der Waals surface area contributed by atoms with Crippen LogP contribution < -0.4 is 15.8 Å².